The Hall–Kier alpha value is -4.18. The van der Waals surface area contributed by atoms with Gasteiger partial charge in [0.25, 0.3) is 0 Å². The van der Waals surface area contributed by atoms with Crippen molar-refractivity contribution in [1.29, 1.82) is 0 Å². The van der Waals surface area contributed by atoms with Crippen molar-refractivity contribution in [1.82, 2.24) is 25.5 Å². The van der Waals surface area contributed by atoms with E-state index in [4.69, 9.17) is 4.74 Å². The Labute approximate surface area is 206 Å². The largest absolute Gasteiger partial charge is 0.489 e. The molecule has 0 aliphatic heterocycles. The van der Waals surface area contributed by atoms with Gasteiger partial charge in [0.05, 0.1) is 11.4 Å². The fourth-order valence-electron chi connectivity index (χ4n) is 3.27. The molecule has 0 saturated carbocycles. The molecule has 9 nitrogen and oxygen atoms in total. The van der Waals surface area contributed by atoms with Crippen LogP contribution in [0.1, 0.15) is 18.1 Å². The van der Waals surface area contributed by atoms with Crippen molar-refractivity contribution in [2.45, 2.75) is 25.2 Å². The van der Waals surface area contributed by atoms with Gasteiger partial charge >= 0.3 is 0 Å². The van der Waals surface area contributed by atoms with Crippen LogP contribution in [0.5, 0.6) is 5.75 Å². The topological polar surface area (TPSA) is 111 Å². The molecule has 0 spiro atoms. The zero-order valence-electron chi connectivity index (χ0n) is 19.0. The van der Waals surface area contributed by atoms with E-state index < -0.39 is 0 Å². The number of amides is 2. The van der Waals surface area contributed by atoms with Gasteiger partial charge in [0.2, 0.25) is 17.0 Å². The van der Waals surface area contributed by atoms with Gasteiger partial charge in [-0.05, 0) is 51.9 Å². The smallest absolute Gasteiger partial charge is 0.230 e. The summed E-state index contributed by atoms with van der Waals surface area (Å²) in [4.78, 5) is 23.9. The Morgan fingerprint density at radius 1 is 0.971 bits per heavy atom. The number of hydrogen-bond acceptors (Lipinski definition) is 7. The Morgan fingerprint density at radius 2 is 1.74 bits per heavy atom. The van der Waals surface area contributed by atoms with Crippen LogP contribution in [-0.4, -0.2) is 37.8 Å². The number of tetrazole rings is 1. The number of carbonyl (C=O) groups is 2. The van der Waals surface area contributed by atoms with Crippen molar-refractivity contribution in [2.24, 2.45) is 0 Å². The van der Waals surface area contributed by atoms with Gasteiger partial charge in [-0.15, -0.1) is 5.10 Å². The average Bonchev–Trinajstić information content (AvgIpc) is 3.34. The highest BCUT2D eigenvalue weighted by Gasteiger charge is 2.13. The average molecular weight is 489 g/mol. The molecule has 0 saturated heterocycles. The zero-order chi connectivity index (χ0) is 24.5. The fourth-order valence-corrected chi connectivity index (χ4v) is 3.99. The normalized spacial score (nSPS) is 10.5. The molecule has 10 heteroatoms. The molecule has 178 valence electrons. The number of rotatable bonds is 10. The molecule has 35 heavy (non-hydrogen) atoms. The number of anilines is 1. The molecule has 1 heterocycles. The monoisotopic (exact) mass is 488 g/mol. The molecule has 2 N–H and O–H groups in total. The summed E-state index contributed by atoms with van der Waals surface area (Å²) < 4.78 is 7.38. The Kier molecular flexibility index (Phi) is 8.08. The van der Waals surface area contributed by atoms with Crippen LogP contribution in [0.3, 0.4) is 0 Å². The van der Waals surface area contributed by atoms with E-state index in [1.54, 1.807) is 18.2 Å². The SMILES string of the molecule is CC(=O)Nc1cccc(-n2nnnc2SCC(=O)NCc2ccccc2COc2ccccc2)c1. The first-order chi connectivity index (χ1) is 17.1. The number of para-hydroxylation sites is 1. The summed E-state index contributed by atoms with van der Waals surface area (Å²) >= 11 is 1.23. The number of benzene rings is 3. The second-order valence-electron chi connectivity index (χ2n) is 7.54. The van der Waals surface area contributed by atoms with Crippen LogP contribution < -0.4 is 15.4 Å². The summed E-state index contributed by atoms with van der Waals surface area (Å²) in [6.45, 7) is 2.24. The second-order valence-corrected chi connectivity index (χ2v) is 8.48. The molecule has 0 unspecified atom stereocenters. The molecule has 4 rings (SSSR count). The van der Waals surface area contributed by atoms with Crippen molar-refractivity contribution in [3.8, 4) is 11.4 Å². The number of ether oxygens (including phenoxy) is 1. The molecule has 1 aromatic heterocycles. The van der Waals surface area contributed by atoms with Gasteiger partial charge in [0.1, 0.15) is 12.4 Å². The standard InChI is InChI=1S/C25H24N6O3S/c1-18(32)27-21-10-7-11-22(14-21)31-25(28-29-30-31)35-17-24(33)26-15-19-8-5-6-9-20(19)16-34-23-12-3-2-4-13-23/h2-14H,15-17H2,1H3,(H,26,33)(H,27,32). The minimum absolute atomic E-state index is 0.143. The third kappa shape index (κ3) is 6.90. The highest BCUT2D eigenvalue weighted by molar-refractivity contribution is 7.99. The molecule has 0 atom stereocenters. The van der Waals surface area contributed by atoms with E-state index in [2.05, 4.69) is 26.2 Å². The van der Waals surface area contributed by atoms with Gasteiger partial charge in [-0.2, -0.15) is 4.68 Å². The zero-order valence-corrected chi connectivity index (χ0v) is 19.9. The summed E-state index contributed by atoms with van der Waals surface area (Å²) in [6.07, 6.45) is 0. The van der Waals surface area contributed by atoms with Crippen molar-refractivity contribution in [2.75, 3.05) is 11.1 Å². The third-order valence-corrected chi connectivity index (χ3v) is 5.84. The minimum Gasteiger partial charge on any atom is -0.489 e. The van der Waals surface area contributed by atoms with E-state index in [1.807, 2.05) is 60.7 Å². The lowest BCUT2D eigenvalue weighted by Gasteiger charge is -2.12. The van der Waals surface area contributed by atoms with Crippen LogP contribution in [-0.2, 0) is 22.7 Å². The molecule has 0 radical (unpaired) electrons. The van der Waals surface area contributed by atoms with Crippen LogP contribution in [0.4, 0.5) is 5.69 Å². The molecule has 3 aromatic carbocycles. The number of hydrogen-bond donors (Lipinski definition) is 2. The van der Waals surface area contributed by atoms with Crippen LogP contribution in [0.2, 0.25) is 0 Å². The maximum atomic E-state index is 12.5. The first-order valence-corrected chi connectivity index (χ1v) is 11.9. The number of nitrogens with one attached hydrogen (secondary N) is 2. The van der Waals surface area contributed by atoms with E-state index in [0.717, 1.165) is 16.9 Å². The van der Waals surface area contributed by atoms with Gasteiger partial charge in [-0.25, -0.2) is 0 Å². The Morgan fingerprint density at radius 3 is 2.54 bits per heavy atom. The number of carbonyl (C=O) groups excluding carboxylic acids is 2. The van der Waals surface area contributed by atoms with E-state index in [9.17, 15) is 9.59 Å². The minimum atomic E-state index is -0.168. The van der Waals surface area contributed by atoms with Gasteiger partial charge in [0.15, 0.2) is 0 Å². The lowest BCUT2D eigenvalue weighted by atomic mass is 10.1. The molecular formula is C25H24N6O3S. The molecule has 0 aliphatic carbocycles. The summed E-state index contributed by atoms with van der Waals surface area (Å²) in [6, 6.07) is 24.6. The van der Waals surface area contributed by atoms with E-state index in [-0.39, 0.29) is 17.6 Å². The van der Waals surface area contributed by atoms with Gasteiger partial charge in [-0.1, -0.05) is 60.3 Å². The molecular weight excluding hydrogens is 464 g/mol. The van der Waals surface area contributed by atoms with Crippen molar-refractivity contribution in [3.05, 3.63) is 90.0 Å². The van der Waals surface area contributed by atoms with Crippen LogP contribution in [0, 0.1) is 0 Å². The van der Waals surface area contributed by atoms with Gasteiger partial charge in [0, 0.05) is 19.2 Å². The summed E-state index contributed by atoms with van der Waals surface area (Å²) in [5, 5.41) is 17.9. The highest BCUT2D eigenvalue weighted by Crippen LogP contribution is 2.21. The van der Waals surface area contributed by atoms with Crippen LogP contribution in [0.25, 0.3) is 5.69 Å². The van der Waals surface area contributed by atoms with Crippen LogP contribution >= 0.6 is 11.8 Å². The molecule has 0 bridgehead atoms. The van der Waals surface area contributed by atoms with Gasteiger partial charge < -0.3 is 15.4 Å². The number of thioether (sulfide) groups is 1. The van der Waals surface area contributed by atoms with E-state index >= 15 is 0 Å². The molecule has 2 amide bonds. The lowest BCUT2D eigenvalue weighted by Crippen LogP contribution is -2.25. The number of nitrogens with zero attached hydrogens (tertiary/aromatic N) is 4. The predicted molar refractivity (Wildman–Crippen MR) is 133 cm³/mol. The highest BCUT2D eigenvalue weighted by atomic mass is 32.2. The third-order valence-electron chi connectivity index (χ3n) is 4.92. The van der Waals surface area contributed by atoms with Crippen LogP contribution in [0.15, 0.2) is 84.0 Å². The first kappa shape index (κ1) is 24.0. The maximum Gasteiger partial charge on any atom is 0.230 e. The van der Waals surface area contributed by atoms with Crippen molar-refractivity contribution >= 4 is 29.3 Å². The Balaban J connectivity index is 1.32. The Bertz CT molecular complexity index is 1300. The molecule has 0 fully saturated rings. The summed E-state index contributed by atoms with van der Waals surface area (Å²) in [5.41, 5.74) is 3.30. The fraction of sp³-hybridized carbons (Fsp3) is 0.160. The van der Waals surface area contributed by atoms with E-state index in [1.165, 1.54) is 23.4 Å². The van der Waals surface area contributed by atoms with Gasteiger partial charge in [-0.3, -0.25) is 9.59 Å². The first-order valence-electron chi connectivity index (χ1n) is 10.9. The second kappa shape index (κ2) is 11.8. The lowest BCUT2D eigenvalue weighted by molar-refractivity contribution is -0.118. The summed E-state index contributed by atoms with van der Waals surface area (Å²) in [7, 11) is 0. The van der Waals surface area contributed by atoms with Crippen molar-refractivity contribution in [3.63, 3.8) is 0 Å². The predicted octanol–water partition coefficient (Wildman–Crippen LogP) is 3.61. The molecule has 4 aromatic rings. The van der Waals surface area contributed by atoms with E-state index in [0.29, 0.717) is 29.7 Å². The maximum absolute atomic E-state index is 12.5. The van der Waals surface area contributed by atoms with Crippen molar-refractivity contribution < 1.29 is 14.3 Å². The number of aromatic nitrogens is 4. The quantitative estimate of drug-likeness (QED) is 0.328. The summed E-state index contributed by atoms with van der Waals surface area (Å²) in [5.74, 6) is 0.630. The molecule has 0 aliphatic rings.